The van der Waals surface area contributed by atoms with Crippen LogP contribution in [-0.4, -0.2) is 18.3 Å². The van der Waals surface area contributed by atoms with Crippen LogP contribution in [0.25, 0.3) is 0 Å². The summed E-state index contributed by atoms with van der Waals surface area (Å²) < 4.78 is 0. The average molecular weight is 205 g/mol. The summed E-state index contributed by atoms with van der Waals surface area (Å²) in [5.74, 6) is 0. The molecule has 1 aliphatic rings. The fourth-order valence-electron chi connectivity index (χ4n) is 2.22. The minimum Gasteiger partial charge on any atom is -0.396 e. The van der Waals surface area contributed by atoms with Gasteiger partial charge in [-0.15, -0.1) is 0 Å². The van der Waals surface area contributed by atoms with Crippen molar-refractivity contribution in [3.05, 3.63) is 29.3 Å². The maximum atomic E-state index is 8.87. The summed E-state index contributed by atoms with van der Waals surface area (Å²) in [4.78, 5) is 0. The standard InChI is InChI=1S/C13H19NO/c15-10-4-8-12-7-3-6-11-5-1-2-9-14-13(11)12/h3,6-7,14-15H,1-2,4-5,8-10H2. The Labute approximate surface area is 91.3 Å². The molecule has 0 fully saturated rings. The third kappa shape index (κ3) is 2.51. The van der Waals surface area contributed by atoms with Crippen LogP contribution < -0.4 is 5.32 Å². The summed E-state index contributed by atoms with van der Waals surface area (Å²) in [6, 6.07) is 6.53. The second-order valence-corrected chi connectivity index (χ2v) is 4.16. The van der Waals surface area contributed by atoms with Crippen LogP contribution in [-0.2, 0) is 12.8 Å². The molecule has 1 aromatic carbocycles. The summed E-state index contributed by atoms with van der Waals surface area (Å²) in [7, 11) is 0. The van der Waals surface area contributed by atoms with E-state index in [4.69, 9.17) is 5.11 Å². The summed E-state index contributed by atoms with van der Waals surface area (Å²) in [5.41, 5.74) is 4.15. The number of fused-ring (bicyclic) bond motifs is 1. The zero-order valence-electron chi connectivity index (χ0n) is 9.13. The zero-order chi connectivity index (χ0) is 10.5. The van der Waals surface area contributed by atoms with Gasteiger partial charge in [-0.25, -0.2) is 0 Å². The Hall–Kier alpha value is -1.02. The highest BCUT2D eigenvalue weighted by Crippen LogP contribution is 2.26. The van der Waals surface area contributed by atoms with Crippen molar-refractivity contribution in [3.8, 4) is 0 Å². The van der Waals surface area contributed by atoms with Crippen LogP contribution in [0.5, 0.6) is 0 Å². The van der Waals surface area contributed by atoms with Crippen molar-refractivity contribution in [1.29, 1.82) is 0 Å². The highest BCUT2D eigenvalue weighted by atomic mass is 16.2. The Morgan fingerprint density at radius 3 is 3.07 bits per heavy atom. The fourth-order valence-corrected chi connectivity index (χ4v) is 2.22. The van der Waals surface area contributed by atoms with Gasteiger partial charge in [0.15, 0.2) is 0 Å². The van der Waals surface area contributed by atoms with Gasteiger partial charge in [0, 0.05) is 18.8 Å². The maximum Gasteiger partial charge on any atom is 0.0434 e. The van der Waals surface area contributed by atoms with Gasteiger partial charge in [-0.3, -0.25) is 0 Å². The normalized spacial score (nSPS) is 15.3. The third-order valence-electron chi connectivity index (χ3n) is 3.02. The molecule has 0 aliphatic carbocycles. The van der Waals surface area contributed by atoms with Gasteiger partial charge in [0.25, 0.3) is 0 Å². The fraction of sp³-hybridized carbons (Fsp3) is 0.538. The van der Waals surface area contributed by atoms with E-state index in [0.717, 1.165) is 19.4 Å². The Morgan fingerprint density at radius 2 is 2.20 bits per heavy atom. The van der Waals surface area contributed by atoms with Crippen LogP contribution in [0.1, 0.15) is 30.4 Å². The monoisotopic (exact) mass is 205 g/mol. The molecule has 1 heterocycles. The predicted molar refractivity (Wildman–Crippen MR) is 63.3 cm³/mol. The van der Waals surface area contributed by atoms with Crippen LogP contribution in [0.4, 0.5) is 5.69 Å². The molecule has 0 aromatic heterocycles. The van der Waals surface area contributed by atoms with E-state index < -0.39 is 0 Å². The molecule has 1 aliphatic heterocycles. The first-order chi connectivity index (χ1) is 7.42. The molecule has 0 radical (unpaired) electrons. The number of aliphatic hydroxyl groups excluding tert-OH is 1. The number of aryl methyl sites for hydroxylation is 2. The molecule has 0 unspecified atom stereocenters. The van der Waals surface area contributed by atoms with Gasteiger partial charge < -0.3 is 10.4 Å². The molecule has 15 heavy (non-hydrogen) atoms. The van der Waals surface area contributed by atoms with Gasteiger partial charge >= 0.3 is 0 Å². The third-order valence-corrected chi connectivity index (χ3v) is 3.02. The molecule has 2 heteroatoms. The molecule has 0 amide bonds. The second kappa shape index (κ2) is 5.17. The first-order valence-corrected chi connectivity index (χ1v) is 5.87. The molecule has 1 aromatic rings. The number of hydrogen-bond donors (Lipinski definition) is 2. The lowest BCUT2D eigenvalue weighted by Gasteiger charge is -2.13. The zero-order valence-corrected chi connectivity index (χ0v) is 9.13. The molecule has 0 bridgehead atoms. The van der Waals surface area contributed by atoms with E-state index in [1.165, 1.54) is 36.1 Å². The predicted octanol–water partition coefficient (Wildman–Crippen LogP) is 2.36. The second-order valence-electron chi connectivity index (χ2n) is 4.16. The molecule has 0 atom stereocenters. The van der Waals surface area contributed by atoms with Crippen LogP contribution in [0.15, 0.2) is 18.2 Å². The number of para-hydroxylation sites is 1. The topological polar surface area (TPSA) is 32.3 Å². The minimum absolute atomic E-state index is 0.281. The Kier molecular flexibility index (Phi) is 3.62. The molecule has 0 saturated carbocycles. The summed E-state index contributed by atoms with van der Waals surface area (Å²) in [5, 5.41) is 12.4. The highest BCUT2D eigenvalue weighted by molar-refractivity contribution is 5.58. The van der Waals surface area contributed by atoms with Gasteiger partial charge in [0.05, 0.1) is 0 Å². The smallest absolute Gasteiger partial charge is 0.0434 e. The lowest BCUT2D eigenvalue weighted by atomic mass is 10.0. The molecule has 2 nitrogen and oxygen atoms in total. The number of anilines is 1. The molecule has 82 valence electrons. The minimum atomic E-state index is 0.281. The van der Waals surface area contributed by atoms with Crippen LogP contribution in [0.2, 0.25) is 0 Å². The van der Waals surface area contributed by atoms with Crippen molar-refractivity contribution in [2.24, 2.45) is 0 Å². The van der Waals surface area contributed by atoms with Gasteiger partial charge in [-0.05, 0) is 43.2 Å². The Balaban J connectivity index is 2.22. The molecular formula is C13H19NO. The van der Waals surface area contributed by atoms with Crippen molar-refractivity contribution in [1.82, 2.24) is 0 Å². The van der Waals surface area contributed by atoms with E-state index in [1.807, 2.05) is 0 Å². The first kappa shape index (κ1) is 10.5. The lowest BCUT2D eigenvalue weighted by Crippen LogP contribution is -2.04. The van der Waals surface area contributed by atoms with Crippen molar-refractivity contribution < 1.29 is 5.11 Å². The van der Waals surface area contributed by atoms with Crippen LogP contribution in [0.3, 0.4) is 0 Å². The van der Waals surface area contributed by atoms with Crippen molar-refractivity contribution >= 4 is 5.69 Å². The SMILES string of the molecule is OCCCc1cccc2c1NCCCC2. The largest absolute Gasteiger partial charge is 0.396 e. The van der Waals surface area contributed by atoms with E-state index in [-0.39, 0.29) is 6.61 Å². The van der Waals surface area contributed by atoms with Gasteiger partial charge in [-0.2, -0.15) is 0 Å². The average Bonchev–Trinajstić information content (AvgIpc) is 2.51. The van der Waals surface area contributed by atoms with Gasteiger partial charge in [0.1, 0.15) is 0 Å². The van der Waals surface area contributed by atoms with Crippen molar-refractivity contribution in [2.45, 2.75) is 32.1 Å². The summed E-state index contributed by atoms with van der Waals surface area (Å²) >= 11 is 0. The molecular weight excluding hydrogens is 186 g/mol. The first-order valence-electron chi connectivity index (χ1n) is 5.87. The number of benzene rings is 1. The van der Waals surface area contributed by atoms with Crippen LogP contribution in [0, 0.1) is 0 Å². The van der Waals surface area contributed by atoms with E-state index in [9.17, 15) is 0 Å². The Morgan fingerprint density at radius 1 is 1.27 bits per heavy atom. The van der Waals surface area contributed by atoms with Crippen molar-refractivity contribution in [2.75, 3.05) is 18.5 Å². The van der Waals surface area contributed by atoms with E-state index in [1.54, 1.807) is 0 Å². The summed E-state index contributed by atoms with van der Waals surface area (Å²) in [6.07, 6.45) is 5.57. The summed E-state index contributed by atoms with van der Waals surface area (Å²) in [6.45, 7) is 1.37. The lowest BCUT2D eigenvalue weighted by molar-refractivity contribution is 0.288. The number of nitrogens with one attached hydrogen (secondary N) is 1. The van der Waals surface area contributed by atoms with Gasteiger partial charge in [-0.1, -0.05) is 18.2 Å². The molecule has 2 rings (SSSR count). The highest BCUT2D eigenvalue weighted by Gasteiger charge is 2.10. The number of aliphatic hydroxyl groups is 1. The van der Waals surface area contributed by atoms with Crippen molar-refractivity contribution in [3.63, 3.8) is 0 Å². The number of rotatable bonds is 3. The molecule has 0 spiro atoms. The number of hydrogen-bond acceptors (Lipinski definition) is 2. The Bertz CT molecular complexity index is 322. The quantitative estimate of drug-likeness (QED) is 0.794. The van der Waals surface area contributed by atoms with E-state index >= 15 is 0 Å². The molecule has 0 saturated heterocycles. The van der Waals surface area contributed by atoms with Gasteiger partial charge in [0.2, 0.25) is 0 Å². The van der Waals surface area contributed by atoms with E-state index in [0.29, 0.717) is 0 Å². The molecule has 2 N–H and O–H groups in total. The maximum absolute atomic E-state index is 8.87. The van der Waals surface area contributed by atoms with E-state index in [2.05, 4.69) is 23.5 Å². The van der Waals surface area contributed by atoms with Crippen LogP contribution >= 0.6 is 0 Å².